The summed E-state index contributed by atoms with van der Waals surface area (Å²) >= 11 is 0. The van der Waals surface area contributed by atoms with Gasteiger partial charge in [-0.2, -0.15) is 0 Å². The van der Waals surface area contributed by atoms with Crippen molar-refractivity contribution in [2.45, 2.75) is 66.3 Å². The maximum absolute atomic E-state index is 12.2. The number of carboxylic acid groups (broad SMARTS) is 1. The topological polar surface area (TPSA) is 66.4 Å². The van der Waals surface area contributed by atoms with Crippen molar-refractivity contribution in [3.8, 4) is 0 Å². The zero-order chi connectivity index (χ0) is 15.5. The Bertz CT molecular complexity index is 349. The Hall–Kier alpha value is -1.06. The first kappa shape index (κ1) is 17.0. The number of nitrogens with one attached hydrogen (secondary N) is 1. The van der Waals surface area contributed by atoms with Crippen LogP contribution in [0.4, 0.5) is 0 Å². The Morgan fingerprint density at radius 3 is 1.95 bits per heavy atom. The zero-order valence-electron chi connectivity index (χ0n) is 13.4. The molecule has 20 heavy (non-hydrogen) atoms. The molecule has 0 saturated heterocycles. The van der Waals surface area contributed by atoms with E-state index in [9.17, 15) is 9.59 Å². The summed E-state index contributed by atoms with van der Waals surface area (Å²) in [5.41, 5.74) is 0.295. The summed E-state index contributed by atoms with van der Waals surface area (Å²) in [6.07, 6.45) is 3.86. The summed E-state index contributed by atoms with van der Waals surface area (Å²) < 4.78 is 0. The van der Waals surface area contributed by atoms with Crippen LogP contribution in [-0.2, 0) is 9.59 Å². The third kappa shape index (κ3) is 4.50. The molecule has 4 nitrogen and oxygen atoms in total. The molecule has 116 valence electrons. The summed E-state index contributed by atoms with van der Waals surface area (Å²) in [4.78, 5) is 23.3. The molecule has 1 amide bonds. The van der Waals surface area contributed by atoms with Gasteiger partial charge in [-0.1, -0.05) is 34.6 Å². The maximum Gasteiger partial charge on any atom is 0.326 e. The van der Waals surface area contributed by atoms with E-state index >= 15 is 0 Å². The second-order valence-corrected chi connectivity index (χ2v) is 7.48. The van der Waals surface area contributed by atoms with Crippen molar-refractivity contribution >= 4 is 11.9 Å². The smallest absolute Gasteiger partial charge is 0.326 e. The van der Waals surface area contributed by atoms with Gasteiger partial charge in [-0.25, -0.2) is 4.79 Å². The first-order valence-electron chi connectivity index (χ1n) is 7.66. The third-order valence-corrected chi connectivity index (χ3v) is 4.55. The van der Waals surface area contributed by atoms with Crippen molar-refractivity contribution in [1.82, 2.24) is 5.32 Å². The van der Waals surface area contributed by atoms with Crippen LogP contribution in [0.2, 0.25) is 0 Å². The molecule has 1 aliphatic rings. The first-order valence-corrected chi connectivity index (χ1v) is 7.66. The number of carboxylic acids is 1. The molecule has 0 aromatic heterocycles. The van der Waals surface area contributed by atoms with Gasteiger partial charge in [0.2, 0.25) is 5.91 Å². The molecule has 1 atom stereocenters. The highest BCUT2D eigenvalue weighted by Crippen LogP contribution is 2.39. The minimum Gasteiger partial charge on any atom is -0.480 e. The van der Waals surface area contributed by atoms with Crippen molar-refractivity contribution in [2.75, 3.05) is 0 Å². The van der Waals surface area contributed by atoms with Gasteiger partial charge in [0, 0.05) is 5.92 Å². The average molecular weight is 283 g/mol. The fraction of sp³-hybridized carbons (Fsp3) is 0.875. The maximum atomic E-state index is 12.2. The molecular weight excluding hydrogens is 254 g/mol. The lowest BCUT2D eigenvalue weighted by molar-refractivity contribution is -0.144. The quantitative estimate of drug-likeness (QED) is 0.833. The predicted octanol–water partition coefficient (Wildman–Crippen LogP) is 3.06. The highest BCUT2D eigenvalue weighted by Gasteiger charge is 2.34. The number of aliphatic carboxylic acids is 1. The average Bonchev–Trinajstić information content (AvgIpc) is 2.34. The highest BCUT2D eigenvalue weighted by molar-refractivity contribution is 5.85. The fourth-order valence-corrected chi connectivity index (χ4v) is 3.01. The molecule has 0 spiro atoms. The molecule has 1 saturated carbocycles. The second-order valence-electron chi connectivity index (χ2n) is 7.48. The Morgan fingerprint density at radius 2 is 1.60 bits per heavy atom. The summed E-state index contributed by atoms with van der Waals surface area (Å²) in [6, 6.07) is -0.775. The summed E-state index contributed by atoms with van der Waals surface area (Å²) in [7, 11) is 0. The number of amides is 1. The number of carbonyl (C=O) groups excluding carboxylic acids is 1. The molecule has 1 unspecified atom stereocenters. The van der Waals surface area contributed by atoms with Gasteiger partial charge in [0.15, 0.2) is 0 Å². The molecule has 1 fully saturated rings. The highest BCUT2D eigenvalue weighted by atomic mass is 16.4. The van der Waals surface area contributed by atoms with Crippen LogP contribution in [0, 0.1) is 23.2 Å². The minimum absolute atomic E-state index is 0.0193. The Labute approximate surface area is 122 Å². The molecule has 0 aliphatic heterocycles. The van der Waals surface area contributed by atoms with Crippen LogP contribution in [0.1, 0.15) is 60.3 Å². The molecule has 1 rings (SSSR count). The Kier molecular flexibility index (Phi) is 5.60. The van der Waals surface area contributed by atoms with Crippen LogP contribution >= 0.6 is 0 Å². The standard InChI is InChI=1S/C16H29NO3/c1-10(2)13(15(19)20)17-14(18)11-6-8-12(9-7-11)16(3,4)5/h10-13H,6-9H2,1-5H3,(H,17,18)(H,19,20). The normalized spacial score (nSPS) is 25.3. The number of hydrogen-bond donors (Lipinski definition) is 2. The SMILES string of the molecule is CC(C)C(NC(=O)C1CCC(C(C)(C)C)CC1)C(=O)O. The van der Waals surface area contributed by atoms with E-state index in [-0.39, 0.29) is 17.7 Å². The molecular formula is C16H29NO3. The van der Waals surface area contributed by atoms with E-state index in [2.05, 4.69) is 26.1 Å². The van der Waals surface area contributed by atoms with Crippen LogP contribution in [0.25, 0.3) is 0 Å². The molecule has 1 aliphatic carbocycles. The van der Waals surface area contributed by atoms with Gasteiger partial charge < -0.3 is 10.4 Å². The van der Waals surface area contributed by atoms with Gasteiger partial charge in [0.05, 0.1) is 0 Å². The van der Waals surface area contributed by atoms with Crippen molar-refractivity contribution in [3.05, 3.63) is 0 Å². The Morgan fingerprint density at radius 1 is 1.10 bits per heavy atom. The molecule has 0 aromatic rings. The monoisotopic (exact) mass is 283 g/mol. The van der Waals surface area contributed by atoms with E-state index in [4.69, 9.17) is 5.11 Å². The number of carbonyl (C=O) groups is 2. The molecule has 2 N–H and O–H groups in total. The third-order valence-electron chi connectivity index (χ3n) is 4.55. The summed E-state index contributed by atoms with van der Waals surface area (Å²) in [6.45, 7) is 10.4. The Balaban J connectivity index is 2.53. The van der Waals surface area contributed by atoms with E-state index in [0.29, 0.717) is 11.3 Å². The van der Waals surface area contributed by atoms with Crippen LogP contribution in [0.15, 0.2) is 0 Å². The molecule has 0 radical (unpaired) electrons. The summed E-state index contributed by atoms with van der Waals surface area (Å²) in [5.74, 6) is -0.487. The number of rotatable bonds is 4. The van der Waals surface area contributed by atoms with Crippen molar-refractivity contribution in [1.29, 1.82) is 0 Å². The van der Waals surface area contributed by atoms with Crippen LogP contribution < -0.4 is 5.32 Å². The second kappa shape index (κ2) is 6.59. The largest absolute Gasteiger partial charge is 0.480 e. The van der Waals surface area contributed by atoms with Gasteiger partial charge in [-0.3, -0.25) is 4.79 Å². The lowest BCUT2D eigenvalue weighted by atomic mass is 9.69. The van der Waals surface area contributed by atoms with E-state index in [0.717, 1.165) is 25.7 Å². The predicted molar refractivity (Wildman–Crippen MR) is 79.3 cm³/mol. The van der Waals surface area contributed by atoms with Gasteiger partial charge in [0.25, 0.3) is 0 Å². The van der Waals surface area contributed by atoms with Crippen molar-refractivity contribution < 1.29 is 14.7 Å². The lowest BCUT2D eigenvalue weighted by Crippen LogP contribution is -2.47. The van der Waals surface area contributed by atoms with Gasteiger partial charge in [-0.05, 0) is 42.9 Å². The van der Waals surface area contributed by atoms with E-state index < -0.39 is 12.0 Å². The van der Waals surface area contributed by atoms with Crippen LogP contribution in [-0.4, -0.2) is 23.0 Å². The lowest BCUT2D eigenvalue weighted by Gasteiger charge is -2.36. The van der Waals surface area contributed by atoms with Gasteiger partial charge in [-0.15, -0.1) is 0 Å². The molecule has 0 bridgehead atoms. The molecule has 0 aromatic carbocycles. The molecule has 0 heterocycles. The first-order chi connectivity index (χ1) is 9.12. The zero-order valence-corrected chi connectivity index (χ0v) is 13.4. The van der Waals surface area contributed by atoms with Gasteiger partial charge >= 0.3 is 5.97 Å². The number of hydrogen-bond acceptors (Lipinski definition) is 2. The van der Waals surface area contributed by atoms with Crippen molar-refractivity contribution in [2.24, 2.45) is 23.2 Å². The minimum atomic E-state index is -0.947. The molecule has 4 heteroatoms. The van der Waals surface area contributed by atoms with Crippen LogP contribution in [0.3, 0.4) is 0 Å². The van der Waals surface area contributed by atoms with Crippen molar-refractivity contribution in [3.63, 3.8) is 0 Å². The van der Waals surface area contributed by atoms with E-state index in [1.54, 1.807) is 0 Å². The van der Waals surface area contributed by atoms with E-state index in [1.165, 1.54) is 0 Å². The fourth-order valence-electron chi connectivity index (χ4n) is 3.01. The summed E-state index contributed by atoms with van der Waals surface area (Å²) in [5, 5.41) is 11.8. The van der Waals surface area contributed by atoms with Gasteiger partial charge in [0.1, 0.15) is 6.04 Å². The van der Waals surface area contributed by atoms with E-state index in [1.807, 2.05) is 13.8 Å². The van der Waals surface area contributed by atoms with Crippen LogP contribution in [0.5, 0.6) is 0 Å².